The van der Waals surface area contributed by atoms with Gasteiger partial charge in [-0.25, -0.2) is 12.8 Å². The number of amides is 2. The molecule has 220 valence electrons. The van der Waals surface area contributed by atoms with Crippen molar-refractivity contribution in [3.05, 3.63) is 89.7 Å². The molecule has 8 nitrogen and oxygen atoms in total. The van der Waals surface area contributed by atoms with Gasteiger partial charge < -0.3 is 15.0 Å². The van der Waals surface area contributed by atoms with Crippen molar-refractivity contribution in [2.75, 3.05) is 24.0 Å². The molecule has 0 radical (unpaired) electrons. The molecule has 41 heavy (non-hydrogen) atoms. The number of hydrogen-bond acceptors (Lipinski definition) is 5. The number of sulfonamides is 1. The number of hydrogen-bond donors (Lipinski definition) is 1. The van der Waals surface area contributed by atoms with Crippen molar-refractivity contribution >= 4 is 27.5 Å². The molecule has 2 amide bonds. The van der Waals surface area contributed by atoms with Gasteiger partial charge in [0.25, 0.3) is 10.0 Å². The molecule has 1 atom stereocenters. The topological polar surface area (TPSA) is 96.0 Å². The number of rotatable bonds is 13. The summed E-state index contributed by atoms with van der Waals surface area (Å²) < 4.78 is 47.7. The van der Waals surface area contributed by atoms with Crippen LogP contribution in [0.2, 0.25) is 0 Å². The van der Waals surface area contributed by atoms with Crippen molar-refractivity contribution in [1.29, 1.82) is 0 Å². The van der Waals surface area contributed by atoms with Crippen molar-refractivity contribution < 1.29 is 27.1 Å². The van der Waals surface area contributed by atoms with Crippen LogP contribution in [0.15, 0.2) is 77.7 Å². The third-order valence-electron chi connectivity index (χ3n) is 6.44. The van der Waals surface area contributed by atoms with Crippen LogP contribution in [0.1, 0.15) is 38.8 Å². The molecule has 0 fully saturated rings. The van der Waals surface area contributed by atoms with E-state index < -0.39 is 34.3 Å². The van der Waals surface area contributed by atoms with Crippen LogP contribution in [0, 0.1) is 18.7 Å². The lowest BCUT2D eigenvalue weighted by atomic mass is 10.1. The van der Waals surface area contributed by atoms with Crippen LogP contribution in [-0.4, -0.2) is 50.9 Å². The van der Waals surface area contributed by atoms with Crippen LogP contribution in [0.5, 0.6) is 5.75 Å². The molecular formula is C31H38FN3O5S. The lowest BCUT2D eigenvalue weighted by Gasteiger charge is -2.32. The predicted octanol–water partition coefficient (Wildman–Crippen LogP) is 4.92. The summed E-state index contributed by atoms with van der Waals surface area (Å²) in [6.07, 6.45) is 0. The molecule has 0 saturated heterocycles. The van der Waals surface area contributed by atoms with Crippen LogP contribution in [0.25, 0.3) is 0 Å². The van der Waals surface area contributed by atoms with Crippen molar-refractivity contribution in [3.63, 3.8) is 0 Å². The zero-order chi connectivity index (χ0) is 30.2. The number of benzene rings is 3. The fourth-order valence-electron chi connectivity index (χ4n) is 4.06. The summed E-state index contributed by atoms with van der Waals surface area (Å²) in [6.45, 7) is 9.72. The molecule has 0 aliphatic carbocycles. The van der Waals surface area contributed by atoms with E-state index >= 15 is 0 Å². The summed E-state index contributed by atoms with van der Waals surface area (Å²) in [4.78, 5) is 28.2. The van der Waals surface area contributed by atoms with E-state index in [1.54, 1.807) is 31.2 Å². The molecule has 1 N–H and O–H groups in total. The van der Waals surface area contributed by atoms with Crippen LogP contribution in [0.3, 0.4) is 0 Å². The molecule has 0 saturated carbocycles. The molecule has 0 bridgehead atoms. The number of halogens is 1. The molecule has 0 spiro atoms. The van der Waals surface area contributed by atoms with Crippen molar-refractivity contribution in [3.8, 4) is 5.75 Å². The summed E-state index contributed by atoms with van der Waals surface area (Å²) in [5, 5.41) is 2.86. The highest BCUT2D eigenvalue weighted by Gasteiger charge is 2.32. The van der Waals surface area contributed by atoms with Gasteiger partial charge in [0.05, 0.1) is 17.2 Å². The minimum absolute atomic E-state index is 0.100. The molecule has 0 heterocycles. The Hall–Kier alpha value is -3.92. The minimum Gasteiger partial charge on any atom is -0.494 e. The molecule has 3 aromatic rings. The Balaban J connectivity index is 2.01. The number of ether oxygens (including phenoxy) is 1. The van der Waals surface area contributed by atoms with Gasteiger partial charge in [-0.1, -0.05) is 43.7 Å². The molecular weight excluding hydrogens is 545 g/mol. The maximum Gasteiger partial charge on any atom is 0.264 e. The molecule has 0 aliphatic rings. The number of nitrogens with one attached hydrogen (secondary N) is 1. The Morgan fingerprint density at radius 2 is 1.54 bits per heavy atom. The highest BCUT2D eigenvalue weighted by Crippen LogP contribution is 2.27. The Labute approximate surface area is 242 Å². The molecule has 10 heteroatoms. The maximum atomic E-state index is 13.9. The first-order valence-corrected chi connectivity index (χ1v) is 15.0. The molecule has 3 aromatic carbocycles. The molecule has 3 rings (SSSR count). The van der Waals surface area contributed by atoms with E-state index in [1.807, 2.05) is 52.0 Å². The SMILES string of the molecule is CCOc1ccc(N(CC(=O)N(Cc2ccc(C)cc2)[C@H](C)C(=O)NCC(C)C)S(=O)(=O)c2ccc(F)cc2)cc1. The molecule has 0 aromatic heterocycles. The first kappa shape index (κ1) is 31.6. The first-order valence-electron chi connectivity index (χ1n) is 13.6. The van der Waals surface area contributed by atoms with Gasteiger partial charge in [0, 0.05) is 13.1 Å². The van der Waals surface area contributed by atoms with E-state index in [2.05, 4.69) is 5.32 Å². The highest BCUT2D eigenvalue weighted by molar-refractivity contribution is 7.92. The second-order valence-corrected chi connectivity index (χ2v) is 12.1. The van der Waals surface area contributed by atoms with Crippen LogP contribution in [0.4, 0.5) is 10.1 Å². The number of anilines is 1. The fourth-order valence-corrected chi connectivity index (χ4v) is 5.48. The van der Waals surface area contributed by atoms with E-state index in [1.165, 1.54) is 4.90 Å². The summed E-state index contributed by atoms with van der Waals surface area (Å²) >= 11 is 0. The third kappa shape index (κ3) is 8.53. The second-order valence-electron chi connectivity index (χ2n) is 10.2. The Kier molecular flexibility index (Phi) is 10.9. The predicted molar refractivity (Wildman–Crippen MR) is 158 cm³/mol. The van der Waals surface area contributed by atoms with Crippen molar-refractivity contribution in [2.45, 2.75) is 52.1 Å². The van der Waals surface area contributed by atoms with E-state index in [0.717, 1.165) is 39.7 Å². The van der Waals surface area contributed by atoms with Gasteiger partial charge >= 0.3 is 0 Å². The second kappa shape index (κ2) is 14.1. The molecule has 0 aliphatic heterocycles. The number of aryl methyl sites for hydroxylation is 1. The Morgan fingerprint density at radius 1 is 0.927 bits per heavy atom. The van der Waals surface area contributed by atoms with E-state index in [-0.39, 0.29) is 29.0 Å². The van der Waals surface area contributed by atoms with Crippen LogP contribution in [-0.2, 0) is 26.2 Å². The summed E-state index contributed by atoms with van der Waals surface area (Å²) in [7, 11) is -4.29. The van der Waals surface area contributed by atoms with Gasteiger partial charge in [0.2, 0.25) is 11.8 Å². The fraction of sp³-hybridized carbons (Fsp3) is 0.355. The van der Waals surface area contributed by atoms with Gasteiger partial charge in [0.1, 0.15) is 24.2 Å². The monoisotopic (exact) mass is 583 g/mol. The number of carbonyl (C=O) groups is 2. The quantitative estimate of drug-likeness (QED) is 0.308. The van der Waals surface area contributed by atoms with Gasteiger partial charge in [-0.15, -0.1) is 0 Å². The smallest absolute Gasteiger partial charge is 0.264 e. The van der Waals surface area contributed by atoms with Crippen LogP contribution < -0.4 is 14.4 Å². The zero-order valence-corrected chi connectivity index (χ0v) is 24.9. The van der Waals surface area contributed by atoms with Gasteiger partial charge in [-0.3, -0.25) is 13.9 Å². The highest BCUT2D eigenvalue weighted by atomic mass is 32.2. The van der Waals surface area contributed by atoms with Gasteiger partial charge in [-0.05, 0) is 80.8 Å². The average Bonchev–Trinajstić information content (AvgIpc) is 2.94. The summed E-state index contributed by atoms with van der Waals surface area (Å²) in [5.41, 5.74) is 2.06. The Morgan fingerprint density at radius 3 is 2.10 bits per heavy atom. The van der Waals surface area contributed by atoms with Crippen molar-refractivity contribution in [2.24, 2.45) is 5.92 Å². The number of nitrogens with zero attached hydrogens (tertiary/aromatic N) is 2. The normalized spacial score (nSPS) is 12.1. The lowest BCUT2D eigenvalue weighted by molar-refractivity contribution is -0.139. The van der Waals surface area contributed by atoms with E-state index in [0.29, 0.717) is 18.9 Å². The minimum atomic E-state index is -4.29. The van der Waals surface area contributed by atoms with Gasteiger partial charge in [0.15, 0.2) is 0 Å². The third-order valence-corrected chi connectivity index (χ3v) is 8.23. The average molecular weight is 584 g/mol. The van der Waals surface area contributed by atoms with E-state index in [4.69, 9.17) is 4.74 Å². The van der Waals surface area contributed by atoms with E-state index in [9.17, 15) is 22.4 Å². The first-order chi connectivity index (χ1) is 19.4. The standard InChI is InChI=1S/C31H38FN3O5S/c1-6-40-28-15-13-27(14-16-28)35(41(38,39)29-17-11-26(32)12-18-29)21-30(36)34(20-25-9-7-23(4)8-10-25)24(5)31(37)33-19-22(2)3/h7-18,22,24H,6,19-21H2,1-5H3,(H,33,37)/t24-/m1/s1. The number of carbonyl (C=O) groups excluding carboxylic acids is 2. The summed E-state index contributed by atoms with van der Waals surface area (Å²) in [5.74, 6) is -0.745. The molecule has 0 unspecified atom stereocenters. The Bertz CT molecular complexity index is 1410. The maximum absolute atomic E-state index is 13.9. The lowest BCUT2D eigenvalue weighted by Crippen LogP contribution is -2.51. The zero-order valence-electron chi connectivity index (χ0n) is 24.1. The largest absolute Gasteiger partial charge is 0.494 e. The van der Waals surface area contributed by atoms with Crippen LogP contribution >= 0.6 is 0 Å². The van der Waals surface area contributed by atoms with Crippen molar-refractivity contribution in [1.82, 2.24) is 10.2 Å². The summed E-state index contributed by atoms with van der Waals surface area (Å²) in [6, 6.07) is 17.4. The van der Waals surface area contributed by atoms with Gasteiger partial charge in [-0.2, -0.15) is 0 Å².